The minimum atomic E-state index is -3.05. The summed E-state index contributed by atoms with van der Waals surface area (Å²) in [5.41, 5.74) is 4.98. The minimum Gasteiger partial charge on any atom is -0.432 e. The first-order valence-electron chi connectivity index (χ1n) is 11.4. The van der Waals surface area contributed by atoms with Gasteiger partial charge in [0.15, 0.2) is 11.6 Å². The number of fused-ring (bicyclic) bond motifs is 1. The van der Waals surface area contributed by atoms with Crippen molar-refractivity contribution < 1.29 is 17.9 Å². The van der Waals surface area contributed by atoms with Gasteiger partial charge in [0.05, 0.1) is 0 Å². The van der Waals surface area contributed by atoms with Crippen molar-refractivity contribution in [1.29, 1.82) is 0 Å². The third-order valence-corrected chi connectivity index (χ3v) is 5.94. The SMILES string of the molecule is CCCCCCc1ccc2c(-c3ccc(-c4ccc(OC(F)F)c(F)c4)cc3)cccc2c1. The number of rotatable bonds is 9. The topological polar surface area (TPSA) is 9.23 Å². The van der Waals surface area contributed by atoms with Gasteiger partial charge >= 0.3 is 6.61 Å². The quantitative estimate of drug-likeness (QED) is 0.232. The van der Waals surface area contributed by atoms with Gasteiger partial charge in [-0.2, -0.15) is 8.78 Å². The second kappa shape index (κ2) is 10.6. The molecule has 4 heteroatoms. The van der Waals surface area contributed by atoms with Crippen LogP contribution in [0.2, 0.25) is 0 Å². The van der Waals surface area contributed by atoms with Crippen LogP contribution in [0.15, 0.2) is 78.9 Å². The molecule has 170 valence electrons. The van der Waals surface area contributed by atoms with E-state index in [1.54, 1.807) is 6.07 Å². The first-order chi connectivity index (χ1) is 16.0. The fourth-order valence-corrected chi connectivity index (χ4v) is 4.21. The van der Waals surface area contributed by atoms with Crippen LogP contribution in [0.3, 0.4) is 0 Å². The highest BCUT2D eigenvalue weighted by Gasteiger charge is 2.11. The van der Waals surface area contributed by atoms with Gasteiger partial charge in [-0.15, -0.1) is 0 Å². The third-order valence-electron chi connectivity index (χ3n) is 5.94. The average Bonchev–Trinajstić information content (AvgIpc) is 2.82. The molecule has 33 heavy (non-hydrogen) atoms. The predicted octanol–water partition coefficient (Wildman–Crippen LogP) is 9.04. The van der Waals surface area contributed by atoms with E-state index >= 15 is 0 Å². The highest BCUT2D eigenvalue weighted by atomic mass is 19.3. The Balaban J connectivity index is 1.56. The van der Waals surface area contributed by atoms with Gasteiger partial charge < -0.3 is 4.74 Å². The Morgan fingerprint density at radius 3 is 2.24 bits per heavy atom. The molecule has 0 unspecified atom stereocenters. The number of unbranched alkanes of at least 4 members (excludes halogenated alkanes) is 3. The maximum Gasteiger partial charge on any atom is 0.387 e. The summed E-state index contributed by atoms with van der Waals surface area (Å²) in [6.45, 7) is -0.827. The first kappa shape index (κ1) is 22.9. The molecule has 0 aliphatic carbocycles. The van der Waals surface area contributed by atoms with E-state index in [2.05, 4.69) is 48.1 Å². The molecule has 0 N–H and O–H groups in total. The van der Waals surface area contributed by atoms with Crippen molar-refractivity contribution in [2.45, 2.75) is 45.6 Å². The Kier molecular flexibility index (Phi) is 7.33. The maximum absolute atomic E-state index is 14.1. The zero-order chi connectivity index (χ0) is 23.2. The van der Waals surface area contributed by atoms with Gasteiger partial charge in [-0.1, -0.05) is 92.9 Å². The smallest absolute Gasteiger partial charge is 0.387 e. The number of ether oxygens (including phenoxy) is 1. The molecule has 4 aromatic carbocycles. The van der Waals surface area contributed by atoms with Crippen molar-refractivity contribution in [3.05, 3.63) is 90.2 Å². The monoisotopic (exact) mass is 448 g/mol. The van der Waals surface area contributed by atoms with E-state index in [0.717, 1.165) is 23.1 Å². The Bertz CT molecular complexity index is 1220. The minimum absolute atomic E-state index is 0.453. The van der Waals surface area contributed by atoms with Crippen molar-refractivity contribution in [3.8, 4) is 28.0 Å². The lowest BCUT2D eigenvalue weighted by Crippen LogP contribution is -2.03. The standard InChI is InChI=1S/C29H27F3O/c1-2-3-4-5-7-20-10-16-26-24(18-20)8-6-9-25(26)22-13-11-21(12-14-22)23-15-17-28(27(30)19-23)33-29(31)32/h6,8-19,29H,2-5,7H2,1H3. The molecular formula is C29H27F3O. The first-order valence-corrected chi connectivity index (χ1v) is 11.4. The summed E-state index contributed by atoms with van der Waals surface area (Å²) in [7, 11) is 0. The average molecular weight is 449 g/mol. The van der Waals surface area contributed by atoms with Crippen LogP contribution < -0.4 is 4.74 Å². The van der Waals surface area contributed by atoms with E-state index in [1.165, 1.54) is 54.2 Å². The largest absolute Gasteiger partial charge is 0.432 e. The number of benzene rings is 4. The second-order valence-electron chi connectivity index (χ2n) is 8.27. The molecule has 0 atom stereocenters. The lowest BCUT2D eigenvalue weighted by atomic mass is 9.94. The van der Waals surface area contributed by atoms with E-state index in [9.17, 15) is 13.2 Å². The number of hydrogen-bond donors (Lipinski definition) is 0. The van der Waals surface area contributed by atoms with Crippen LogP contribution in [0, 0.1) is 5.82 Å². The molecule has 0 amide bonds. The van der Waals surface area contributed by atoms with Gasteiger partial charge in [0, 0.05) is 0 Å². The molecule has 0 radical (unpaired) electrons. The van der Waals surface area contributed by atoms with Crippen LogP contribution in [-0.2, 0) is 6.42 Å². The molecule has 0 spiro atoms. The highest BCUT2D eigenvalue weighted by molar-refractivity contribution is 5.97. The Hall–Kier alpha value is -3.27. The summed E-state index contributed by atoms with van der Waals surface area (Å²) in [6.07, 6.45) is 6.12. The number of hydrogen-bond acceptors (Lipinski definition) is 1. The molecule has 1 nitrogen and oxygen atoms in total. The van der Waals surface area contributed by atoms with E-state index in [-0.39, 0.29) is 0 Å². The van der Waals surface area contributed by atoms with Gasteiger partial charge in [-0.3, -0.25) is 0 Å². The van der Waals surface area contributed by atoms with Crippen LogP contribution >= 0.6 is 0 Å². The van der Waals surface area contributed by atoms with Crippen LogP contribution in [0.4, 0.5) is 13.2 Å². The summed E-state index contributed by atoms with van der Waals surface area (Å²) in [4.78, 5) is 0. The van der Waals surface area contributed by atoms with Gasteiger partial charge in [-0.25, -0.2) is 4.39 Å². The molecule has 4 aromatic rings. The molecule has 0 heterocycles. The van der Waals surface area contributed by atoms with Gasteiger partial charge in [0.2, 0.25) is 0 Å². The number of aryl methyl sites for hydroxylation is 1. The van der Waals surface area contributed by atoms with Crippen molar-refractivity contribution in [2.24, 2.45) is 0 Å². The summed E-state index contributed by atoms with van der Waals surface area (Å²) in [5.74, 6) is -1.26. The predicted molar refractivity (Wildman–Crippen MR) is 129 cm³/mol. The van der Waals surface area contributed by atoms with Crippen molar-refractivity contribution >= 4 is 10.8 Å². The summed E-state index contributed by atoms with van der Waals surface area (Å²) >= 11 is 0. The van der Waals surface area contributed by atoms with Gasteiger partial charge in [0.1, 0.15) is 0 Å². The third kappa shape index (κ3) is 5.57. The van der Waals surface area contributed by atoms with E-state index in [1.807, 2.05) is 24.3 Å². The molecule has 0 aromatic heterocycles. The van der Waals surface area contributed by atoms with E-state index < -0.39 is 18.2 Å². The Labute approximate surface area is 192 Å². The number of alkyl halides is 2. The molecule has 0 aliphatic heterocycles. The zero-order valence-corrected chi connectivity index (χ0v) is 18.7. The summed E-state index contributed by atoms with van der Waals surface area (Å²) in [6, 6.07) is 24.9. The second-order valence-corrected chi connectivity index (χ2v) is 8.27. The fourth-order valence-electron chi connectivity index (χ4n) is 4.21. The van der Waals surface area contributed by atoms with Crippen LogP contribution in [0.25, 0.3) is 33.0 Å². The Morgan fingerprint density at radius 2 is 1.52 bits per heavy atom. The Morgan fingerprint density at radius 1 is 0.758 bits per heavy atom. The van der Waals surface area contributed by atoms with E-state index in [4.69, 9.17) is 0 Å². The van der Waals surface area contributed by atoms with Crippen molar-refractivity contribution in [2.75, 3.05) is 0 Å². The fraction of sp³-hybridized carbons (Fsp3) is 0.241. The molecule has 0 saturated heterocycles. The molecule has 0 saturated carbocycles. The normalized spacial score (nSPS) is 11.3. The van der Waals surface area contributed by atoms with Crippen LogP contribution in [0.1, 0.15) is 38.2 Å². The van der Waals surface area contributed by atoms with Gasteiger partial charge in [0.25, 0.3) is 0 Å². The van der Waals surface area contributed by atoms with Crippen LogP contribution in [0.5, 0.6) is 5.75 Å². The molecule has 0 bridgehead atoms. The van der Waals surface area contributed by atoms with E-state index in [0.29, 0.717) is 5.56 Å². The zero-order valence-electron chi connectivity index (χ0n) is 18.7. The lowest BCUT2D eigenvalue weighted by Gasteiger charge is -2.11. The molecule has 4 rings (SSSR count). The van der Waals surface area contributed by atoms with Crippen molar-refractivity contribution in [1.82, 2.24) is 0 Å². The molecular weight excluding hydrogens is 421 g/mol. The number of halogens is 3. The lowest BCUT2D eigenvalue weighted by molar-refractivity contribution is -0.0521. The highest BCUT2D eigenvalue weighted by Crippen LogP contribution is 2.32. The van der Waals surface area contributed by atoms with Gasteiger partial charge in [-0.05, 0) is 63.6 Å². The molecule has 0 aliphatic rings. The maximum atomic E-state index is 14.1. The van der Waals surface area contributed by atoms with Crippen molar-refractivity contribution in [3.63, 3.8) is 0 Å². The molecule has 0 fully saturated rings. The summed E-state index contributed by atoms with van der Waals surface area (Å²) in [5, 5.41) is 2.42. The summed E-state index contributed by atoms with van der Waals surface area (Å²) < 4.78 is 43.0. The van der Waals surface area contributed by atoms with Crippen LogP contribution in [-0.4, -0.2) is 6.61 Å².